The highest BCUT2D eigenvalue weighted by atomic mass is 79.9. The molecule has 0 unspecified atom stereocenters. The second kappa shape index (κ2) is 5.63. The average molecular weight is 341 g/mol. The number of phenolic OH excluding ortho intramolecular Hbond substituents is 1. The van der Waals surface area contributed by atoms with Crippen molar-refractivity contribution in [1.29, 1.82) is 0 Å². The molecule has 0 aliphatic heterocycles. The second-order valence-electron chi connectivity index (χ2n) is 4.01. The van der Waals surface area contributed by atoms with Gasteiger partial charge < -0.3 is 10.0 Å². The van der Waals surface area contributed by atoms with Crippen LogP contribution in [-0.4, -0.2) is 18.1 Å². The summed E-state index contributed by atoms with van der Waals surface area (Å²) in [5.41, 5.74) is 1.01. The summed E-state index contributed by atoms with van der Waals surface area (Å²) in [5.74, 6) is -0.123. The van der Waals surface area contributed by atoms with Gasteiger partial charge in [0.1, 0.15) is 5.75 Å². The molecule has 0 atom stereocenters. The van der Waals surface area contributed by atoms with E-state index in [1.807, 2.05) is 0 Å². The third kappa shape index (κ3) is 3.08. The molecule has 0 saturated carbocycles. The Morgan fingerprint density at radius 3 is 2.63 bits per heavy atom. The summed E-state index contributed by atoms with van der Waals surface area (Å²) < 4.78 is 0.814. The molecule has 0 fully saturated rings. The maximum atomic E-state index is 12.3. The van der Waals surface area contributed by atoms with Crippen molar-refractivity contribution in [2.45, 2.75) is 0 Å². The van der Waals surface area contributed by atoms with Gasteiger partial charge in [-0.3, -0.25) is 4.79 Å². The van der Waals surface area contributed by atoms with Gasteiger partial charge in [-0.25, -0.2) is 0 Å². The van der Waals surface area contributed by atoms with Gasteiger partial charge in [0.05, 0.1) is 10.6 Å². The SMILES string of the molecule is CN(C(=O)c1ccc(Br)cc1Cl)c1cccc(O)c1. The highest BCUT2D eigenvalue weighted by Crippen LogP contribution is 2.25. The largest absolute Gasteiger partial charge is 0.508 e. The summed E-state index contributed by atoms with van der Waals surface area (Å²) in [4.78, 5) is 13.8. The van der Waals surface area contributed by atoms with Crippen LogP contribution in [0.4, 0.5) is 5.69 Å². The summed E-state index contributed by atoms with van der Waals surface area (Å²) in [6, 6.07) is 11.6. The Bertz CT molecular complexity index is 631. The van der Waals surface area contributed by atoms with Gasteiger partial charge >= 0.3 is 0 Å². The molecule has 0 aromatic heterocycles. The lowest BCUT2D eigenvalue weighted by Gasteiger charge is -2.18. The van der Waals surface area contributed by atoms with Gasteiger partial charge in [0.2, 0.25) is 0 Å². The number of hydrogen-bond acceptors (Lipinski definition) is 2. The molecule has 0 radical (unpaired) electrons. The van der Waals surface area contributed by atoms with Crippen molar-refractivity contribution in [1.82, 2.24) is 0 Å². The fraction of sp³-hybridized carbons (Fsp3) is 0.0714. The minimum atomic E-state index is -0.233. The number of benzene rings is 2. The summed E-state index contributed by atoms with van der Waals surface area (Å²) >= 11 is 9.35. The van der Waals surface area contributed by atoms with Crippen LogP contribution in [0.15, 0.2) is 46.9 Å². The number of rotatable bonds is 2. The van der Waals surface area contributed by atoms with Crippen molar-refractivity contribution in [2.24, 2.45) is 0 Å². The van der Waals surface area contributed by atoms with E-state index in [1.54, 1.807) is 43.4 Å². The Labute approximate surface area is 124 Å². The Morgan fingerprint density at radius 1 is 1.26 bits per heavy atom. The molecule has 2 aromatic rings. The van der Waals surface area contributed by atoms with E-state index < -0.39 is 0 Å². The predicted molar refractivity (Wildman–Crippen MR) is 80.0 cm³/mol. The number of aromatic hydroxyl groups is 1. The monoisotopic (exact) mass is 339 g/mol. The molecule has 0 aliphatic rings. The zero-order valence-electron chi connectivity index (χ0n) is 10.1. The van der Waals surface area contributed by atoms with Crippen LogP contribution in [0, 0.1) is 0 Å². The number of hydrogen-bond donors (Lipinski definition) is 1. The zero-order valence-corrected chi connectivity index (χ0v) is 12.4. The third-order valence-electron chi connectivity index (χ3n) is 2.68. The van der Waals surface area contributed by atoms with Gasteiger partial charge in [0, 0.05) is 23.3 Å². The van der Waals surface area contributed by atoms with Gasteiger partial charge in [0.25, 0.3) is 5.91 Å². The number of carbonyl (C=O) groups is 1. The van der Waals surface area contributed by atoms with Crippen molar-refractivity contribution in [3.63, 3.8) is 0 Å². The van der Waals surface area contributed by atoms with E-state index in [2.05, 4.69) is 15.9 Å². The highest BCUT2D eigenvalue weighted by molar-refractivity contribution is 9.10. The van der Waals surface area contributed by atoms with E-state index in [9.17, 15) is 9.90 Å². The van der Waals surface area contributed by atoms with Gasteiger partial charge in [0.15, 0.2) is 0 Å². The fourth-order valence-corrected chi connectivity index (χ4v) is 2.42. The quantitative estimate of drug-likeness (QED) is 0.894. The molecular formula is C14H11BrClNO2. The molecule has 0 spiro atoms. The van der Waals surface area contributed by atoms with E-state index in [-0.39, 0.29) is 11.7 Å². The molecule has 0 aliphatic carbocycles. The topological polar surface area (TPSA) is 40.5 Å². The first kappa shape index (κ1) is 13.9. The van der Waals surface area contributed by atoms with Crippen LogP contribution in [0.3, 0.4) is 0 Å². The first-order valence-electron chi connectivity index (χ1n) is 5.51. The van der Waals surface area contributed by atoms with Gasteiger partial charge in [-0.1, -0.05) is 33.6 Å². The van der Waals surface area contributed by atoms with E-state index >= 15 is 0 Å². The maximum absolute atomic E-state index is 12.3. The Morgan fingerprint density at radius 2 is 2.00 bits per heavy atom. The lowest BCUT2D eigenvalue weighted by Crippen LogP contribution is -2.26. The van der Waals surface area contributed by atoms with Gasteiger partial charge in [-0.2, -0.15) is 0 Å². The number of amides is 1. The standard InChI is InChI=1S/C14H11BrClNO2/c1-17(10-3-2-4-11(18)8-10)14(19)12-6-5-9(15)7-13(12)16/h2-8,18H,1H3. The van der Waals surface area contributed by atoms with Crippen LogP contribution in [0.2, 0.25) is 5.02 Å². The van der Waals surface area contributed by atoms with E-state index in [4.69, 9.17) is 11.6 Å². The number of halogens is 2. The van der Waals surface area contributed by atoms with Crippen molar-refractivity contribution < 1.29 is 9.90 Å². The maximum Gasteiger partial charge on any atom is 0.259 e. The van der Waals surface area contributed by atoms with Gasteiger partial charge in [-0.05, 0) is 30.3 Å². The molecule has 5 heteroatoms. The molecule has 0 heterocycles. The van der Waals surface area contributed by atoms with Crippen LogP contribution < -0.4 is 4.90 Å². The minimum absolute atomic E-state index is 0.110. The number of phenols is 1. The molecule has 19 heavy (non-hydrogen) atoms. The van der Waals surface area contributed by atoms with Crippen LogP contribution >= 0.6 is 27.5 Å². The Balaban J connectivity index is 2.33. The second-order valence-corrected chi connectivity index (χ2v) is 5.33. The molecule has 0 saturated heterocycles. The lowest BCUT2D eigenvalue weighted by atomic mass is 10.2. The minimum Gasteiger partial charge on any atom is -0.508 e. The molecule has 1 N–H and O–H groups in total. The third-order valence-corrected chi connectivity index (χ3v) is 3.49. The van der Waals surface area contributed by atoms with Crippen molar-refractivity contribution in [3.8, 4) is 5.75 Å². The summed E-state index contributed by atoms with van der Waals surface area (Å²) in [5, 5.41) is 9.82. The highest BCUT2D eigenvalue weighted by Gasteiger charge is 2.16. The summed E-state index contributed by atoms with van der Waals surface area (Å²) in [7, 11) is 1.63. The molecule has 2 rings (SSSR count). The van der Waals surface area contributed by atoms with E-state index in [1.165, 1.54) is 11.0 Å². The lowest BCUT2D eigenvalue weighted by molar-refractivity contribution is 0.0993. The Hall–Kier alpha value is -1.52. The molecule has 3 nitrogen and oxygen atoms in total. The number of nitrogens with zero attached hydrogens (tertiary/aromatic N) is 1. The van der Waals surface area contributed by atoms with Crippen LogP contribution in [0.5, 0.6) is 5.75 Å². The summed E-state index contributed by atoms with van der Waals surface area (Å²) in [6.45, 7) is 0. The van der Waals surface area contributed by atoms with Crippen LogP contribution in [-0.2, 0) is 0 Å². The van der Waals surface area contributed by atoms with Crippen molar-refractivity contribution >= 4 is 39.1 Å². The van der Waals surface area contributed by atoms with E-state index in [0.29, 0.717) is 16.3 Å². The van der Waals surface area contributed by atoms with Crippen molar-refractivity contribution in [2.75, 3.05) is 11.9 Å². The zero-order chi connectivity index (χ0) is 14.0. The summed E-state index contributed by atoms with van der Waals surface area (Å²) in [6.07, 6.45) is 0. The smallest absolute Gasteiger partial charge is 0.259 e. The van der Waals surface area contributed by atoms with Crippen LogP contribution in [0.25, 0.3) is 0 Å². The average Bonchev–Trinajstić information content (AvgIpc) is 2.37. The van der Waals surface area contributed by atoms with Crippen molar-refractivity contribution in [3.05, 3.63) is 57.5 Å². The van der Waals surface area contributed by atoms with E-state index in [0.717, 1.165) is 4.47 Å². The van der Waals surface area contributed by atoms with Gasteiger partial charge in [-0.15, -0.1) is 0 Å². The molecule has 98 valence electrons. The first-order valence-corrected chi connectivity index (χ1v) is 6.68. The molecule has 0 bridgehead atoms. The Kier molecular flexibility index (Phi) is 4.12. The molecule has 2 aromatic carbocycles. The normalized spacial score (nSPS) is 10.3. The molecule has 1 amide bonds. The number of carbonyl (C=O) groups excluding carboxylic acids is 1. The molecular weight excluding hydrogens is 330 g/mol. The first-order chi connectivity index (χ1) is 8.99. The number of anilines is 1. The predicted octanol–water partition coefficient (Wildman–Crippen LogP) is 4.08. The fourth-order valence-electron chi connectivity index (χ4n) is 1.66. The van der Waals surface area contributed by atoms with Crippen LogP contribution in [0.1, 0.15) is 10.4 Å².